The van der Waals surface area contributed by atoms with Gasteiger partial charge in [-0.1, -0.05) is 48.5 Å². The monoisotopic (exact) mass is 484 g/mol. The molecule has 0 radical (unpaired) electrons. The number of nitrogens with zero attached hydrogens (tertiary/aromatic N) is 4. The van der Waals surface area contributed by atoms with E-state index in [9.17, 15) is 18.0 Å². The lowest BCUT2D eigenvalue weighted by Gasteiger charge is -2.41. The molecule has 0 saturated carbocycles. The van der Waals surface area contributed by atoms with Gasteiger partial charge >= 0.3 is 6.03 Å². The van der Waals surface area contributed by atoms with Crippen LogP contribution in [-0.2, 0) is 14.8 Å². The van der Waals surface area contributed by atoms with E-state index in [0.29, 0.717) is 39.0 Å². The van der Waals surface area contributed by atoms with E-state index < -0.39 is 15.9 Å². The van der Waals surface area contributed by atoms with Crippen molar-refractivity contribution in [3.05, 3.63) is 66.2 Å². The van der Waals surface area contributed by atoms with Crippen molar-refractivity contribution in [3.8, 4) is 0 Å². The molecule has 9 heteroatoms. The molecule has 2 aliphatic heterocycles. The molecule has 2 heterocycles. The average molecular weight is 485 g/mol. The molecule has 2 saturated heterocycles. The van der Waals surface area contributed by atoms with Crippen molar-refractivity contribution in [2.24, 2.45) is 5.92 Å². The highest BCUT2D eigenvalue weighted by atomic mass is 32.2. The highest BCUT2D eigenvalue weighted by Gasteiger charge is 2.41. The number of hydrogen-bond donors (Lipinski definition) is 0. The fourth-order valence-corrected chi connectivity index (χ4v) is 6.51. The van der Waals surface area contributed by atoms with Gasteiger partial charge in [0, 0.05) is 46.8 Å². The van der Waals surface area contributed by atoms with Gasteiger partial charge in [0.1, 0.15) is 0 Å². The maximum atomic E-state index is 13.6. The van der Waals surface area contributed by atoms with Gasteiger partial charge in [0.2, 0.25) is 15.9 Å². The molecule has 34 heavy (non-hydrogen) atoms. The quantitative estimate of drug-likeness (QED) is 0.668. The zero-order valence-electron chi connectivity index (χ0n) is 19.7. The maximum Gasteiger partial charge on any atom is 0.319 e. The minimum absolute atomic E-state index is 0.0308. The molecule has 2 aromatic rings. The number of carbonyl (C=O) groups is 2. The zero-order chi connectivity index (χ0) is 24.3. The second kappa shape index (κ2) is 10.1. The summed E-state index contributed by atoms with van der Waals surface area (Å²) in [5.41, 5.74) is 0.934. The fraction of sp³-hybridized carbons (Fsp3) is 0.440. The topological polar surface area (TPSA) is 81.2 Å². The number of benzene rings is 2. The zero-order valence-corrected chi connectivity index (χ0v) is 20.5. The molecular weight excluding hydrogens is 452 g/mol. The van der Waals surface area contributed by atoms with Crippen molar-refractivity contribution in [2.45, 2.75) is 23.8 Å². The lowest BCUT2D eigenvalue weighted by molar-refractivity contribution is -0.138. The van der Waals surface area contributed by atoms with E-state index in [-0.39, 0.29) is 29.4 Å². The first-order valence-corrected chi connectivity index (χ1v) is 13.1. The molecule has 0 spiro atoms. The average Bonchev–Trinajstić information content (AvgIpc) is 2.88. The fourth-order valence-electron chi connectivity index (χ4n) is 4.80. The molecule has 0 bridgehead atoms. The van der Waals surface area contributed by atoms with E-state index in [1.54, 1.807) is 54.2 Å². The molecule has 2 aliphatic rings. The molecule has 2 unspecified atom stereocenters. The molecule has 0 aliphatic carbocycles. The van der Waals surface area contributed by atoms with Crippen LogP contribution in [0, 0.1) is 5.92 Å². The largest absolute Gasteiger partial charge is 0.339 e. The molecular formula is C25H32N4O4S. The number of piperazine rings is 1. The number of urea groups is 1. The maximum absolute atomic E-state index is 13.6. The Kier molecular flexibility index (Phi) is 7.23. The van der Waals surface area contributed by atoms with Gasteiger partial charge in [-0.05, 0) is 30.5 Å². The van der Waals surface area contributed by atoms with Gasteiger partial charge in [-0.15, -0.1) is 0 Å². The number of rotatable bonds is 4. The summed E-state index contributed by atoms with van der Waals surface area (Å²) in [4.78, 5) is 30.9. The third kappa shape index (κ3) is 4.95. The first-order chi connectivity index (χ1) is 16.3. The summed E-state index contributed by atoms with van der Waals surface area (Å²) in [5.74, 6) is -0.439. The molecule has 182 valence electrons. The van der Waals surface area contributed by atoms with E-state index in [4.69, 9.17) is 0 Å². The predicted molar refractivity (Wildman–Crippen MR) is 129 cm³/mol. The van der Waals surface area contributed by atoms with Crippen LogP contribution in [0.15, 0.2) is 65.6 Å². The van der Waals surface area contributed by atoms with E-state index in [0.717, 1.165) is 5.56 Å². The van der Waals surface area contributed by atoms with Crippen LogP contribution in [0.3, 0.4) is 0 Å². The third-order valence-electron chi connectivity index (χ3n) is 6.66. The van der Waals surface area contributed by atoms with Gasteiger partial charge in [0.15, 0.2) is 0 Å². The van der Waals surface area contributed by atoms with Crippen molar-refractivity contribution in [1.29, 1.82) is 0 Å². The van der Waals surface area contributed by atoms with Gasteiger partial charge in [-0.2, -0.15) is 4.31 Å². The molecule has 0 N–H and O–H groups in total. The van der Waals surface area contributed by atoms with Crippen molar-refractivity contribution in [1.82, 2.24) is 19.0 Å². The molecule has 2 aromatic carbocycles. The number of sulfonamides is 1. The number of piperidine rings is 1. The summed E-state index contributed by atoms with van der Waals surface area (Å²) < 4.78 is 28.8. The molecule has 4 rings (SSSR count). The highest BCUT2D eigenvalue weighted by Crippen LogP contribution is 2.38. The first kappa shape index (κ1) is 24.2. The van der Waals surface area contributed by atoms with Crippen LogP contribution in [0.2, 0.25) is 0 Å². The van der Waals surface area contributed by atoms with Crippen molar-refractivity contribution >= 4 is 22.0 Å². The SMILES string of the molecule is CN(C)C(=O)N1CCN(C(=O)C2CCC(c3ccccc3)N(S(=O)(=O)c3ccccc3)C2)CC1. The van der Waals surface area contributed by atoms with Gasteiger partial charge in [0.05, 0.1) is 16.9 Å². The van der Waals surface area contributed by atoms with E-state index in [1.165, 1.54) is 9.21 Å². The standard InChI is InChI=1S/C25H32N4O4S/c1-26(2)25(31)28-17-15-27(16-18-28)24(30)21-13-14-23(20-9-5-3-6-10-20)29(19-21)34(32,33)22-11-7-4-8-12-22/h3-12,21,23H,13-19H2,1-2H3. The Hall–Kier alpha value is -2.91. The number of hydrogen-bond acceptors (Lipinski definition) is 4. The first-order valence-electron chi connectivity index (χ1n) is 11.7. The van der Waals surface area contributed by atoms with Crippen molar-refractivity contribution < 1.29 is 18.0 Å². The second-order valence-electron chi connectivity index (χ2n) is 9.08. The van der Waals surface area contributed by atoms with Crippen molar-refractivity contribution in [2.75, 3.05) is 46.8 Å². The summed E-state index contributed by atoms with van der Waals surface area (Å²) in [7, 11) is -0.352. The van der Waals surface area contributed by atoms with Crippen LogP contribution >= 0.6 is 0 Å². The molecule has 3 amide bonds. The van der Waals surface area contributed by atoms with Gasteiger partial charge in [-0.3, -0.25) is 4.79 Å². The van der Waals surface area contributed by atoms with Crippen LogP contribution in [0.25, 0.3) is 0 Å². The number of amides is 3. The Labute approximate surface area is 201 Å². The van der Waals surface area contributed by atoms with Gasteiger partial charge in [-0.25, -0.2) is 13.2 Å². The Morgan fingerprint density at radius 3 is 1.97 bits per heavy atom. The normalized spacial score (nSPS) is 21.8. The lowest BCUT2D eigenvalue weighted by atomic mass is 9.90. The summed E-state index contributed by atoms with van der Waals surface area (Å²) >= 11 is 0. The second-order valence-corrected chi connectivity index (χ2v) is 11.0. The van der Waals surface area contributed by atoms with Crippen molar-refractivity contribution in [3.63, 3.8) is 0 Å². The summed E-state index contributed by atoms with van der Waals surface area (Å²) in [6.07, 6.45) is 1.20. The minimum Gasteiger partial charge on any atom is -0.339 e. The van der Waals surface area contributed by atoms with Crippen LogP contribution in [-0.4, -0.2) is 86.2 Å². The molecule has 2 fully saturated rings. The van der Waals surface area contributed by atoms with Crippen LogP contribution in [0.4, 0.5) is 4.79 Å². The van der Waals surface area contributed by atoms with Crippen LogP contribution < -0.4 is 0 Å². The Bertz CT molecular complexity index is 1100. The minimum atomic E-state index is -3.78. The van der Waals surface area contributed by atoms with E-state index in [2.05, 4.69) is 0 Å². The summed E-state index contributed by atoms with van der Waals surface area (Å²) in [6.45, 7) is 2.03. The summed E-state index contributed by atoms with van der Waals surface area (Å²) in [5, 5.41) is 0. The number of carbonyl (C=O) groups excluding carboxylic acids is 2. The molecule has 0 aromatic heterocycles. The summed E-state index contributed by atoms with van der Waals surface area (Å²) in [6, 6.07) is 17.7. The lowest BCUT2D eigenvalue weighted by Crippen LogP contribution is -2.55. The van der Waals surface area contributed by atoms with E-state index >= 15 is 0 Å². The van der Waals surface area contributed by atoms with E-state index in [1.807, 2.05) is 30.3 Å². The third-order valence-corrected chi connectivity index (χ3v) is 8.55. The Morgan fingerprint density at radius 1 is 0.824 bits per heavy atom. The van der Waals surface area contributed by atoms with Gasteiger partial charge < -0.3 is 14.7 Å². The van der Waals surface area contributed by atoms with Gasteiger partial charge in [0.25, 0.3) is 0 Å². The van der Waals surface area contributed by atoms with Crippen LogP contribution in [0.5, 0.6) is 0 Å². The van der Waals surface area contributed by atoms with Crippen LogP contribution in [0.1, 0.15) is 24.4 Å². The molecule has 2 atom stereocenters. The Balaban J connectivity index is 1.53. The smallest absolute Gasteiger partial charge is 0.319 e. The molecule has 8 nitrogen and oxygen atoms in total. The Morgan fingerprint density at radius 2 is 1.38 bits per heavy atom. The highest BCUT2D eigenvalue weighted by molar-refractivity contribution is 7.89. The predicted octanol–water partition coefficient (Wildman–Crippen LogP) is 2.65.